The van der Waals surface area contributed by atoms with E-state index in [0.29, 0.717) is 17.5 Å². The molecule has 1 aromatic rings. The largest absolute Gasteiger partial charge is 0.416 e. The van der Waals surface area contributed by atoms with Crippen LogP contribution in [0.1, 0.15) is 18.9 Å². The van der Waals surface area contributed by atoms with Crippen LogP contribution in [0.5, 0.6) is 0 Å². The van der Waals surface area contributed by atoms with E-state index in [4.69, 9.17) is 9.47 Å². The molecule has 0 bridgehead atoms. The van der Waals surface area contributed by atoms with Crippen LogP contribution >= 0.6 is 27.7 Å². The van der Waals surface area contributed by atoms with E-state index in [-0.39, 0.29) is 29.3 Å². The molecule has 2 aliphatic rings. The highest BCUT2D eigenvalue weighted by Gasteiger charge is 2.71. The van der Waals surface area contributed by atoms with Gasteiger partial charge in [-0.05, 0) is 53.1 Å². The molecule has 1 saturated carbocycles. The number of pyridine rings is 1. The van der Waals surface area contributed by atoms with Gasteiger partial charge in [-0.2, -0.15) is 4.39 Å². The number of hydrogen-bond donors (Lipinski definition) is 1. The molecule has 1 aliphatic carbocycles. The molecule has 0 spiro atoms. The van der Waals surface area contributed by atoms with Crippen LogP contribution in [0.2, 0.25) is 25.7 Å². The van der Waals surface area contributed by atoms with Crippen LogP contribution in [0.25, 0.3) is 0 Å². The topological polar surface area (TPSA) is 93.1 Å². The molecule has 2 heterocycles. The number of hydrogen-bond acceptors (Lipinski definition) is 7. The Hall–Kier alpha value is -1.50. The molecule has 1 aromatic heterocycles. The summed E-state index contributed by atoms with van der Waals surface area (Å²) in [6.45, 7) is 9.04. The molecule has 0 radical (unpaired) electrons. The number of ether oxygens (including phenoxy) is 2. The average Bonchev–Trinajstić information content (AvgIpc) is 3.44. The van der Waals surface area contributed by atoms with Crippen LogP contribution in [0.4, 0.5) is 9.18 Å². The minimum absolute atomic E-state index is 0.00705. The van der Waals surface area contributed by atoms with Crippen molar-refractivity contribution in [1.29, 1.82) is 0 Å². The van der Waals surface area contributed by atoms with E-state index in [1.807, 2.05) is 0 Å². The smallest absolute Gasteiger partial charge is 0.385 e. The van der Waals surface area contributed by atoms with E-state index < -0.39 is 30.4 Å². The fourth-order valence-electron chi connectivity index (χ4n) is 3.86. The van der Waals surface area contributed by atoms with Gasteiger partial charge in [-0.3, -0.25) is 10.1 Å². The Labute approximate surface area is 207 Å². The van der Waals surface area contributed by atoms with Gasteiger partial charge in [0.15, 0.2) is 0 Å². The van der Waals surface area contributed by atoms with Crippen molar-refractivity contribution in [3.63, 3.8) is 0 Å². The van der Waals surface area contributed by atoms with Crippen molar-refractivity contribution in [2.45, 2.75) is 49.3 Å². The summed E-state index contributed by atoms with van der Waals surface area (Å²) in [6, 6.07) is 2.59. The molecule has 182 valence electrons. The van der Waals surface area contributed by atoms with E-state index in [0.717, 1.165) is 17.8 Å². The predicted molar refractivity (Wildman–Crippen MR) is 132 cm³/mol. The Morgan fingerprint density at radius 3 is 2.73 bits per heavy atom. The summed E-state index contributed by atoms with van der Waals surface area (Å²) < 4.78 is 25.4. The highest BCUT2D eigenvalue weighted by molar-refractivity contribution is 9.10. The first kappa shape index (κ1) is 26.1. The molecular formula is C21H30BrFN4O4SSi. The van der Waals surface area contributed by atoms with Gasteiger partial charge in [-0.25, -0.2) is 14.8 Å². The molecule has 3 atom stereocenters. The summed E-state index contributed by atoms with van der Waals surface area (Å²) in [6.07, 6.45) is 1.10. The van der Waals surface area contributed by atoms with E-state index in [2.05, 4.69) is 50.9 Å². The van der Waals surface area contributed by atoms with Gasteiger partial charge in [0.1, 0.15) is 11.5 Å². The van der Waals surface area contributed by atoms with Crippen LogP contribution in [-0.2, 0) is 19.8 Å². The van der Waals surface area contributed by atoms with Crippen LogP contribution in [-0.4, -0.2) is 67.4 Å². The normalized spacial score (nSPS) is 26.2. The lowest BCUT2D eigenvalue weighted by molar-refractivity contribution is -0.129. The molecule has 2 amide bonds. The lowest BCUT2D eigenvalue weighted by Crippen LogP contribution is -2.43. The van der Waals surface area contributed by atoms with Gasteiger partial charge in [0, 0.05) is 50.9 Å². The molecule has 12 heteroatoms. The summed E-state index contributed by atoms with van der Waals surface area (Å²) in [7, 11) is 2.11. The highest BCUT2D eigenvalue weighted by atomic mass is 79.9. The van der Waals surface area contributed by atoms with Crippen molar-refractivity contribution in [3.05, 3.63) is 28.2 Å². The van der Waals surface area contributed by atoms with Crippen molar-refractivity contribution in [2.75, 3.05) is 27.4 Å². The van der Waals surface area contributed by atoms with Gasteiger partial charge in [-0.1, -0.05) is 19.6 Å². The average molecular weight is 562 g/mol. The lowest BCUT2D eigenvalue weighted by atomic mass is 9.87. The third-order valence-corrected chi connectivity index (χ3v) is 9.27. The summed E-state index contributed by atoms with van der Waals surface area (Å²) >= 11 is 4.44. The summed E-state index contributed by atoms with van der Waals surface area (Å²) in [4.78, 5) is 35.3. The fourth-order valence-corrected chi connectivity index (χ4v) is 6.50. The molecule has 3 rings (SSSR count). The highest BCUT2D eigenvalue weighted by Crippen LogP contribution is 2.67. The Kier molecular flexibility index (Phi) is 7.62. The number of halogens is 2. The number of carbonyl (C=O) groups is 2. The van der Waals surface area contributed by atoms with Crippen molar-refractivity contribution in [3.8, 4) is 0 Å². The number of fused-ring (bicyclic) bond motifs is 1. The molecule has 33 heavy (non-hydrogen) atoms. The number of alkyl carbamates (subject to hydrolysis) is 1. The number of nitrogens with one attached hydrogen (secondary N) is 1. The molecule has 1 N–H and O–H groups in total. The van der Waals surface area contributed by atoms with Gasteiger partial charge < -0.3 is 14.4 Å². The zero-order valence-corrected chi connectivity index (χ0v) is 23.1. The van der Waals surface area contributed by atoms with Gasteiger partial charge in [0.25, 0.3) is 5.23 Å². The van der Waals surface area contributed by atoms with E-state index >= 15 is 0 Å². The second-order valence-electron chi connectivity index (χ2n) is 9.89. The van der Waals surface area contributed by atoms with E-state index in [1.165, 1.54) is 11.1 Å². The molecule has 8 nitrogen and oxygen atoms in total. The third kappa shape index (κ3) is 5.77. The van der Waals surface area contributed by atoms with Gasteiger partial charge in [0.2, 0.25) is 11.9 Å². The lowest BCUT2D eigenvalue weighted by Gasteiger charge is -2.34. The molecule has 1 aliphatic heterocycles. The van der Waals surface area contributed by atoms with Crippen molar-refractivity contribution >= 4 is 53.0 Å². The fraction of sp³-hybridized carbons (Fsp3) is 0.619. The monoisotopic (exact) mass is 560 g/mol. The third-order valence-electron chi connectivity index (χ3n) is 5.80. The number of amides is 2. The van der Waals surface area contributed by atoms with Crippen molar-refractivity contribution in [1.82, 2.24) is 15.2 Å². The minimum atomic E-state index is -1.22. The van der Waals surface area contributed by atoms with E-state index in [9.17, 15) is 14.0 Å². The second kappa shape index (κ2) is 9.63. The molecule has 1 fully saturated rings. The van der Waals surface area contributed by atoms with Crippen LogP contribution in [0, 0.1) is 11.9 Å². The quantitative estimate of drug-likeness (QED) is 0.232. The Balaban J connectivity index is 1.78. The van der Waals surface area contributed by atoms with Gasteiger partial charge in [-0.15, -0.1) is 0 Å². The van der Waals surface area contributed by atoms with Crippen LogP contribution in [0.3, 0.4) is 0 Å². The number of thioether (sulfide) groups is 1. The molecular weight excluding hydrogens is 531 g/mol. The second-order valence-corrected chi connectivity index (χ2v) is 17.7. The summed E-state index contributed by atoms with van der Waals surface area (Å²) in [5, 5.41) is 2.56. The molecule has 0 unspecified atom stereocenters. The molecule has 0 saturated heterocycles. The van der Waals surface area contributed by atoms with Gasteiger partial charge >= 0.3 is 6.09 Å². The summed E-state index contributed by atoms with van der Waals surface area (Å²) in [5.74, 6) is -1.07. The minimum Gasteiger partial charge on any atom is -0.385 e. The predicted octanol–water partition coefficient (Wildman–Crippen LogP) is 4.19. The number of carbonyl (C=O) groups excluding carboxylic acids is 2. The zero-order valence-electron chi connectivity index (χ0n) is 19.7. The van der Waals surface area contributed by atoms with Gasteiger partial charge in [0.05, 0.1) is 5.54 Å². The number of aliphatic imine (C=N–C) groups is 1. The zero-order chi connectivity index (χ0) is 24.6. The first-order valence-electron chi connectivity index (χ1n) is 10.6. The number of rotatable bonds is 7. The maximum Gasteiger partial charge on any atom is 0.416 e. The number of aromatic nitrogens is 1. The SMILES string of the molecule is CN(C)C(=O)[C@]12C[C@H]1[C@@](C)(c1cc(Br)cnc1F)N=C(OC(=O)NCOCC[Si](C)(C)C)S2. The van der Waals surface area contributed by atoms with Crippen molar-refractivity contribution in [2.24, 2.45) is 10.9 Å². The Bertz CT molecular complexity index is 976. The maximum atomic E-state index is 14.8. The first-order chi connectivity index (χ1) is 15.3. The Morgan fingerprint density at radius 1 is 1.39 bits per heavy atom. The molecule has 0 aromatic carbocycles. The van der Waals surface area contributed by atoms with E-state index in [1.54, 1.807) is 27.1 Å². The summed E-state index contributed by atoms with van der Waals surface area (Å²) in [5.41, 5.74) is -0.881. The van der Waals surface area contributed by atoms with Crippen molar-refractivity contribution < 1.29 is 23.5 Å². The first-order valence-corrected chi connectivity index (χ1v) is 16.0. The standard InChI is InChI=1S/C21H30BrFN4O4SSi/c1-20(14-9-13(22)11-24-16(14)23)15-10-21(15,17(28)27(2)3)32-19(26-20)31-18(29)25-12-30-7-8-33(4,5)6/h9,11,15H,7-8,10,12H2,1-6H3,(H,25,29)/t15-,20+,21-/m0/s1. The Morgan fingerprint density at radius 2 is 2.09 bits per heavy atom. The van der Waals surface area contributed by atoms with Crippen LogP contribution < -0.4 is 5.32 Å². The maximum absolute atomic E-state index is 14.8. The number of nitrogens with zero attached hydrogens (tertiary/aromatic N) is 3. The van der Waals surface area contributed by atoms with Crippen LogP contribution in [0.15, 0.2) is 21.7 Å².